The smallest absolute Gasteiger partial charge is 0.243 e. The fourth-order valence-electron chi connectivity index (χ4n) is 2.66. The Hall–Kier alpha value is -2.12. The summed E-state index contributed by atoms with van der Waals surface area (Å²) in [5.74, 6) is 0.882. The minimum atomic E-state index is -3.48. The van der Waals surface area contributed by atoms with Crippen LogP contribution in [0.1, 0.15) is 5.56 Å². The van der Waals surface area contributed by atoms with Crippen LogP contribution in [0, 0.1) is 6.92 Å². The summed E-state index contributed by atoms with van der Waals surface area (Å²) >= 11 is 0. The van der Waals surface area contributed by atoms with Crippen molar-refractivity contribution < 1.29 is 8.42 Å². The summed E-state index contributed by atoms with van der Waals surface area (Å²) in [6, 6.07) is 10.6. The zero-order valence-electron chi connectivity index (χ0n) is 13.0. The van der Waals surface area contributed by atoms with Gasteiger partial charge in [-0.3, -0.25) is 0 Å². The van der Waals surface area contributed by atoms with Gasteiger partial charge in [0.25, 0.3) is 0 Å². The molecule has 2 N–H and O–H groups in total. The zero-order chi connectivity index (χ0) is 16.4. The molecule has 23 heavy (non-hydrogen) atoms. The number of pyridine rings is 1. The third-order valence-electron chi connectivity index (χ3n) is 4.09. The fourth-order valence-corrected chi connectivity index (χ4v) is 4.16. The molecule has 1 aromatic carbocycles. The van der Waals surface area contributed by atoms with E-state index in [1.807, 2.05) is 25.1 Å². The van der Waals surface area contributed by atoms with Gasteiger partial charge in [-0.1, -0.05) is 6.07 Å². The summed E-state index contributed by atoms with van der Waals surface area (Å²) in [6.45, 7) is 3.96. The largest absolute Gasteiger partial charge is 0.399 e. The van der Waals surface area contributed by atoms with Crippen molar-refractivity contribution in [2.45, 2.75) is 11.8 Å². The number of piperazine rings is 1. The van der Waals surface area contributed by atoms with E-state index in [1.165, 1.54) is 4.31 Å². The van der Waals surface area contributed by atoms with Gasteiger partial charge in [-0.2, -0.15) is 4.31 Å². The molecule has 1 aliphatic rings. The highest BCUT2D eigenvalue weighted by atomic mass is 32.2. The lowest BCUT2D eigenvalue weighted by molar-refractivity contribution is 0.384. The van der Waals surface area contributed by atoms with Crippen LogP contribution >= 0.6 is 0 Å². The van der Waals surface area contributed by atoms with Gasteiger partial charge in [0.15, 0.2) is 0 Å². The summed E-state index contributed by atoms with van der Waals surface area (Å²) in [7, 11) is -3.48. The lowest BCUT2D eigenvalue weighted by atomic mass is 10.2. The average molecular weight is 332 g/mol. The molecule has 1 aromatic heterocycles. The summed E-state index contributed by atoms with van der Waals surface area (Å²) in [4.78, 5) is 6.71. The van der Waals surface area contributed by atoms with Crippen LogP contribution in [0.5, 0.6) is 0 Å². The predicted molar refractivity (Wildman–Crippen MR) is 90.8 cm³/mol. The third-order valence-corrected chi connectivity index (χ3v) is 5.99. The minimum absolute atomic E-state index is 0.301. The van der Waals surface area contributed by atoms with Crippen molar-refractivity contribution in [1.29, 1.82) is 0 Å². The molecule has 0 aliphatic carbocycles. The van der Waals surface area contributed by atoms with Crippen LogP contribution in [0.15, 0.2) is 47.5 Å². The number of rotatable bonds is 3. The van der Waals surface area contributed by atoms with Crippen molar-refractivity contribution >= 4 is 21.5 Å². The van der Waals surface area contributed by atoms with Crippen LogP contribution in [0.4, 0.5) is 11.5 Å². The van der Waals surface area contributed by atoms with Crippen molar-refractivity contribution in [3.05, 3.63) is 48.2 Å². The minimum Gasteiger partial charge on any atom is -0.399 e. The summed E-state index contributed by atoms with van der Waals surface area (Å²) < 4.78 is 27.0. The van der Waals surface area contributed by atoms with Gasteiger partial charge in [-0.05, 0) is 42.8 Å². The van der Waals surface area contributed by atoms with Crippen molar-refractivity contribution in [2.75, 3.05) is 36.8 Å². The van der Waals surface area contributed by atoms with Gasteiger partial charge in [-0.15, -0.1) is 0 Å². The Balaban J connectivity index is 1.75. The molecule has 2 aromatic rings. The Morgan fingerprint density at radius 3 is 2.43 bits per heavy atom. The van der Waals surface area contributed by atoms with Gasteiger partial charge >= 0.3 is 0 Å². The van der Waals surface area contributed by atoms with Gasteiger partial charge in [-0.25, -0.2) is 13.4 Å². The number of nitrogens with zero attached hydrogens (tertiary/aromatic N) is 3. The molecule has 122 valence electrons. The second-order valence-electron chi connectivity index (χ2n) is 5.60. The number of aryl methyl sites for hydroxylation is 1. The van der Waals surface area contributed by atoms with Gasteiger partial charge < -0.3 is 10.6 Å². The standard InChI is InChI=1S/C16H20N4O2S/c1-13-12-14(5-6-15(13)17)23(21,22)20-10-8-19(9-11-20)16-4-2-3-7-18-16/h2-7,12H,8-11,17H2,1H3. The van der Waals surface area contributed by atoms with Crippen LogP contribution in [0.25, 0.3) is 0 Å². The number of hydrogen-bond acceptors (Lipinski definition) is 5. The number of nitrogen functional groups attached to an aromatic ring is 1. The lowest BCUT2D eigenvalue weighted by Crippen LogP contribution is -2.48. The molecule has 0 radical (unpaired) electrons. The predicted octanol–water partition coefficient (Wildman–Crippen LogP) is 1.48. The fraction of sp³-hybridized carbons (Fsp3) is 0.312. The van der Waals surface area contributed by atoms with E-state index in [2.05, 4.69) is 9.88 Å². The molecule has 0 saturated carbocycles. The van der Waals surface area contributed by atoms with Gasteiger partial charge in [0.05, 0.1) is 4.90 Å². The van der Waals surface area contributed by atoms with Crippen LogP contribution in [-0.2, 0) is 10.0 Å². The molecule has 0 spiro atoms. The molecule has 3 rings (SSSR count). The van der Waals surface area contributed by atoms with E-state index in [4.69, 9.17) is 5.73 Å². The first-order valence-electron chi connectivity index (χ1n) is 7.51. The topological polar surface area (TPSA) is 79.5 Å². The van der Waals surface area contributed by atoms with Crippen molar-refractivity contribution in [1.82, 2.24) is 9.29 Å². The van der Waals surface area contributed by atoms with Crippen LogP contribution in [-0.4, -0.2) is 43.9 Å². The maximum atomic E-state index is 12.7. The van der Waals surface area contributed by atoms with E-state index in [0.29, 0.717) is 36.8 Å². The van der Waals surface area contributed by atoms with Gasteiger partial charge in [0.2, 0.25) is 10.0 Å². The molecule has 2 heterocycles. The third kappa shape index (κ3) is 3.16. The number of hydrogen-bond donors (Lipinski definition) is 1. The molecule has 0 atom stereocenters. The summed E-state index contributed by atoms with van der Waals surface area (Å²) in [6.07, 6.45) is 1.75. The maximum Gasteiger partial charge on any atom is 0.243 e. The highest BCUT2D eigenvalue weighted by molar-refractivity contribution is 7.89. The first-order valence-corrected chi connectivity index (χ1v) is 8.95. The molecule has 1 saturated heterocycles. The molecule has 0 amide bonds. The quantitative estimate of drug-likeness (QED) is 0.861. The number of nitrogens with two attached hydrogens (primary N) is 1. The Morgan fingerprint density at radius 1 is 1.09 bits per heavy atom. The molecule has 1 aliphatic heterocycles. The van der Waals surface area contributed by atoms with E-state index < -0.39 is 10.0 Å². The van der Waals surface area contributed by atoms with Crippen LogP contribution in [0.3, 0.4) is 0 Å². The van der Waals surface area contributed by atoms with E-state index in [1.54, 1.807) is 24.4 Å². The Bertz CT molecular complexity index is 785. The Morgan fingerprint density at radius 2 is 1.83 bits per heavy atom. The molecular weight excluding hydrogens is 312 g/mol. The first-order chi connectivity index (χ1) is 11.0. The second-order valence-corrected chi connectivity index (χ2v) is 7.54. The molecule has 0 bridgehead atoms. The highest BCUT2D eigenvalue weighted by Crippen LogP contribution is 2.22. The number of aromatic nitrogens is 1. The maximum absolute atomic E-state index is 12.7. The molecule has 0 unspecified atom stereocenters. The Labute approximate surface area is 136 Å². The average Bonchev–Trinajstić information content (AvgIpc) is 2.58. The molecular formula is C16H20N4O2S. The lowest BCUT2D eigenvalue weighted by Gasteiger charge is -2.34. The first kappa shape index (κ1) is 15.8. The monoisotopic (exact) mass is 332 g/mol. The summed E-state index contributed by atoms with van der Waals surface area (Å²) in [5.41, 5.74) is 7.15. The summed E-state index contributed by atoms with van der Waals surface area (Å²) in [5, 5.41) is 0. The Kier molecular flexibility index (Phi) is 4.23. The van der Waals surface area contributed by atoms with Crippen LogP contribution in [0.2, 0.25) is 0 Å². The van der Waals surface area contributed by atoms with Gasteiger partial charge in [0.1, 0.15) is 5.82 Å². The zero-order valence-corrected chi connectivity index (χ0v) is 13.8. The van der Waals surface area contributed by atoms with E-state index in [0.717, 1.165) is 11.4 Å². The van der Waals surface area contributed by atoms with E-state index >= 15 is 0 Å². The van der Waals surface area contributed by atoms with Crippen molar-refractivity contribution in [2.24, 2.45) is 0 Å². The molecule has 1 fully saturated rings. The van der Waals surface area contributed by atoms with Gasteiger partial charge in [0, 0.05) is 38.1 Å². The molecule has 7 heteroatoms. The highest BCUT2D eigenvalue weighted by Gasteiger charge is 2.29. The van der Waals surface area contributed by atoms with Crippen LogP contribution < -0.4 is 10.6 Å². The number of anilines is 2. The van der Waals surface area contributed by atoms with E-state index in [9.17, 15) is 8.42 Å². The van der Waals surface area contributed by atoms with Crippen molar-refractivity contribution in [3.63, 3.8) is 0 Å². The van der Waals surface area contributed by atoms with Crippen molar-refractivity contribution in [3.8, 4) is 0 Å². The number of benzene rings is 1. The normalized spacial score (nSPS) is 16.5. The molecule has 6 nitrogen and oxygen atoms in total. The SMILES string of the molecule is Cc1cc(S(=O)(=O)N2CCN(c3ccccn3)CC2)ccc1N. The van der Waals surface area contributed by atoms with E-state index in [-0.39, 0.29) is 0 Å². The second kappa shape index (κ2) is 6.17. The number of sulfonamides is 1.